The molecule has 1 aliphatic rings. The van der Waals surface area contributed by atoms with Crippen molar-refractivity contribution in [3.8, 4) is 5.75 Å². The van der Waals surface area contributed by atoms with Crippen molar-refractivity contribution in [3.05, 3.63) is 29.8 Å². The fourth-order valence-electron chi connectivity index (χ4n) is 4.43. The fourth-order valence-corrected chi connectivity index (χ4v) is 4.89. The average molecular weight is 496 g/mol. The summed E-state index contributed by atoms with van der Waals surface area (Å²) in [5.74, 6) is 0.451. The van der Waals surface area contributed by atoms with Crippen LogP contribution in [-0.4, -0.2) is 44.7 Å². The number of amides is 1. The zero-order valence-corrected chi connectivity index (χ0v) is 22.1. The largest absolute Gasteiger partial charge is 0.383 e. The van der Waals surface area contributed by atoms with Crippen molar-refractivity contribution in [3.63, 3.8) is 0 Å². The van der Waals surface area contributed by atoms with Crippen LogP contribution < -0.4 is 4.18 Å². The van der Waals surface area contributed by atoms with Crippen molar-refractivity contribution in [2.75, 3.05) is 19.4 Å². The summed E-state index contributed by atoms with van der Waals surface area (Å²) in [6.45, 7) is 4.12. The zero-order chi connectivity index (χ0) is 24.7. The lowest BCUT2D eigenvalue weighted by Crippen LogP contribution is -2.36. The van der Waals surface area contributed by atoms with Crippen LogP contribution in [0.3, 0.4) is 0 Å². The van der Waals surface area contributed by atoms with E-state index < -0.39 is 10.1 Å². The van der Waals surface area contributed by atoms with Gasteiger partial charge in [0.15, 0.2) is 0 Å². The lowest BCUT2D eigenvalue weighted by Gasteiger charge is -2.26. The molecule has 1 saturated heterocycles. The van der Waals surface area contributed by atoms with Gasteiger partial charge in [-0.3, -0.25) is 4.79 Å². The summed E-state index contributed by atoms with van der Waals surface area (Å²) in [6.07, 6.45) is 17.7. The number of carbonyl (C=O) groups is 1. The molecule has 1 fully saturated rings. The van der Waals surface area contributed by atoms with Crippen molar-refractivity contribution >= 4 is 16.0 Å². The summed E-state index contributed by atoms with van der Waals surface area (Å²) in [5.41, 5.74) is 0.950. The third kappa shape index (κ3) is 12.7. The molecule has 0 aromatic heterocycles. The minimum atomic E-state index is -3.55. The molecule has 0 unspecified atom stereocenters. The highest BCUT2D eigenvalue weighted by Crippen LogP contribution is 2.19. The van der Waals surface area contributed by atoms with Crippen LogP contribution in [0.1, 0.15) is 102 Å². The molecule has 0 spiro atoms. The van der Waals surface area contributed by atoms with Gasteiger partial charge in [-0.05, 0) is 37.0 Å². The quantitative estimate of drug-likeness (QED) is 0.178. The summed E-state index contributed by atoms with van der Waals surface area (Å²) in [6, 6.07) is 6.90. The Labute approximate surface area is 207 Å². The van der Waals surface area contributed by atoms with Gasteiger partial charge >= 0.3 is 10.1 Å². The molecule has 1 aliphatic heterocycles. The topological polar surface area (TPSA) is 72.9 Å². The third-order valence-corrected chi connectivity index (χ3v) is 6.83. The van der Waals surface area contributed by atoms with Gasteiger partial charge in [-0.1, -0.05) is 83.3 Å². The first-order valence-corrected chi connectivity index (χ1v) is 15.1. The molecule has 1 aromatic rings. The number of rotatable bonds is 18. The lowest BCUT2D eigenvalue weighted by atomic mass is 10.0. The van der Waals surface area contributed by atoms with Crippen LogP contribution in [0.25, 0.3) is 0 Å². The first-order valence-electron chi connectivity index (χ1n) is 13.2. The van der Waals surface area contributed by atoms with Crippen molar-refractivity contribution in [1.82, 2.24) is 4.90 Å². The van der Waals surface area contributed by atoms with Gasteiger partial charge in [0.05, 0.1) is 12.4 Å². The van der Waals surface area contributed by atoms with E-state index in [1.165, 1.54) is 57.8 Å². The summed E-state index contributed by atoms with van der Waals surface area (Å²) in [5, 5.41) is 0. The number of ether oxygens (including phenoxy) is 1. The normalized spacial score (nSPS) is 16.0. The van der Waals surface area contributed by atoms with Gasteiger partial charge in [-0.25, -0.2) is 0 Å². The van der Waals surface area contributed by atoms with Crippen LogP contribution in [0.5, 0.6) is 5.75 Å². The molecule has 34 heavy (non-hydrogen) atoms. The number of benzene rings is 1. The van der Waals surface area contributed by atoms with Crippen LogP contribution in [0.15, 0.2) is 24.3 Å². The number of carbonyl (C=O) groups excluding carboxylic acids is 1. The molecule has 0 saturated carbocycles. The van der Waals surface area contributed by atoms with Crippen molar-refractivity contribution in [1.29, 1.82) is 0 Å². The Balaban J connectivity index is 1.73. The molecule has 6 nitrogen and oxygen atoms in total. The Kier molecular flexibility index (Phi) is 13.6. The van der Waals surface area contributed by atoms with E-state index in [-0.39, 0.29) is 17.8 Å². The smallest absolute Gasteiger partial charge is 0.306 e. The van der Waals surface area contributed by atoms with Gasteiger partial charge < -0.3 is 13.8 Å². The minimum Gasteiger partial charge on any atom is -0.383 e. The van der Waals surface area contributed by atoms with Crippen LogP contribution in [0.4, 0.5) is 0 Å². The van der Waals surface area contributed by atoms with E-state index in [9.17, 15) is 13.2 Å². The number of nitrogens with zero attached hydrogens (tertiary/aromatic N) is 1. The molecular weight excluding hydrogens is 450 g/mol. The fraction of sp³-hybridized carbons (Fsp3) is 0.741. The van der Waals surface area contributed by atoms with Crippen molar-refractivity contribution in [2.24, 2.45) is 0 Å². The predicted octanol–water partition coefficient (Wildman–Crippen LogP) is 6.23. The van der Waals surface area contributed by atoms with E-state index in [0.717, 1.165) is 44.1 Å². The Morgan fingerprint density at radius 1 is 0.971 bits per heavy atom. The van der Waals surface area contributed by atoms with Crippen LogP contribution in [-0.2, 0) is 26.2 Å². The van der Waals surface area contributed by atoms with E-state index in [1.807, 2.05) is 17.0 Å². The van der Waals surface area contributed by atoms with E-state index in [0.29, 0.717) is 19.5 Å². The molecular formula is C27H45NO5S. The van der Waals surface area contributed by atoms with Crippen LogP contribution in [0.2, 0.25) is 0 Å². The van der Waals surface area contributed by atoms with E-state index >= 15 is 0 Å². The Morgan fingerprint density at radius 3 is 2.09 bits per heavy atom. The third-order valence-electron chi connectivity index (χ3n) is 6.34. The van der Waals surface area contributed by atoms with Gasteiger partial charge in [0, 0.05) is 26.1 Å². The monoisotopic (exact) mass is 495 g/mol. The molecule has 2 rings (SSSR count). The number of hydrogen-bond donors (Lipinski definition) is 0. The second-order valence-electron chi connectivity index (χ2n) is 9.63. The lowest BCUT2D eigenvalue weighted by molar-refractivity contribution is -0.133. The second-order valence-corrected chi connectivity index (χ2v) is 11.2. The molecule has 0 bridgehead atoms. The zero-order valence-electron chi connectivity index (χ0n) is 21.3. The highest BCUT2D eigenvalue weighted by Gasteiger charge is 2.22. The summed E-state index contributed by atoms with van der Waals surface area (Å²) >= 11 is 0. The molecule has 1 atom stereocenters. The summed E-state index contributed by atoms with van der Waals surface area (Å²) in [4.78, 5) is 14.9. The highest BCUT2D eigenvalue weighted by atomic mass is 32.2. The van der Waals surface area contributed by atoms with Gasteiger partial charge in [0.25, 0.3) is 0 Å². The first kappa shape index (κ1) is 28.6. The molecule has 0 N–H and O–H groups in total. The Morgan fingerprint density at radius 2 is 1.56 bits per heavy atom. The standard InChI is InChI=1S/C27H45NO5S/c1-3-4-5-6-7-8-9-10-11-12-13-16-27(29)28(23-26-15-14-21-32-26)22-24-17-19-25(20-18-24)33-34(2,30)31/h17-20,26H,3-16,21-23H2,1-2H3/t26-/m0/s1. The van der Waals surface area contributed by atoms with Gasteiger partial charge in [-0.15, -0.1) is 0 Å². The second kappa shape index (κ2) is 16.1. The number of hydrogen-bond acceptors (Lipinski definition) is 5. The van der Waals surface area contributed by atoms with Crippen molar-refractivity contribution < 1.29 is 22.1 Å². The minimum absolute atomic E-state index is 0.106. The Bertz CT molecular complexity index is 788. The molecule has 0 radical (unpaired) electrons. The molecule has 7 heteroatoms. The molecule has 1 amide bonds. The average Bonchev–Trinajstić information content (AvgIpc) is 3.30. The first-order chi connectivity index (χ1) is 16.4. The number of unbranched alkanes of at least 4 members (excludes halogenated alkanes) is 10. The van der Waals surface area contributed by atoms with Crippen LogP contribution >= 0.6 is 0 Å². The maximum Gasteiger partial charge on any atom is 0.306 e. The Hall–Kier alpha value is -1.60. The van der Waals surface area contributed by atoms with Crippen LogP contribution in [0, 0.1) is 0 Å². The molecule has 194 valence electrons. The molecule has 0 aliphatic carbocycles. The molecule has 1 aromatic carbocycles. The van der Waals surface area contributed by atoms with Crippen molar-refractivity contribution in [2.45, 2.75) is 109 Å². The van der Waals surface area contributed by atoms with E-state index in [1.54, 1.807) is 12.1 Å². The van der Waals surface area contributed by atoms with E-state index in [4.69, 9.17) is 8.92 Å². The SMILES string of the molecule is CCCCCCCCCCCCCC(=O)N(Cc1ccc(OS(C)(=O)=O)cc1)C[C@@H]1CCCO1. The predicted molar refractivity (Wildman–Crippen MR) is 137 cm³/mol. The maximum atomic E-state index is 13.0. The summed E-state index contributed by atoms with van der Waals surface area (Å²) in [7, 11) is -3.55. The maximum absolute atomic E-state index is 13.0. The summed E-state index contributed by atoms with van der Waals surface area (Å²) < 4.78 is 33.3. The highest BCUT2D eigenvalue weighted by molar-refractivity contribution is 7.86. The van der Waals surface area contributed by atoms with Gasteiger partial charge in [0.2, 0.25) is 5.91 Å². The van der Waals surface area contributed by atoms with E-state index in [2.05, 4.69) is 6.92 Å². The van der Waals surface area contributed by atoms with Gasteiger partial charge in [-0.2, -0.15) is 8.42 Å². The molecule has 1 heterocycles. The van der Waals surface area contributed by atoms with Gasteiger partial charge in [0.1, 0.15) is 5.75 Å².